The van der Waals surface area contributed by atoms with Crippen LogP contribution in [-0.2, 0) is 17.9 Å². The lowest BCUT2D eigenvalue weighted by molar-refractivity contribution is -0.121. The molecule has 24 heavy (non-hydrogen) atoms. The van der Waals surface area contributed by atoms with Crippen LogP contribution in [0.1, 0.15) is 30.4 Å². The lowest BCUT2D eigenvalue weighted by Crippen LogP contribution is -2.36. The van der Waals surface area contributed by atoms with E-state index < -0.39 is 0 Å². The van der Waals surface area contributed by atoms with E-state index in [4.69, 9.17) is 0 Å². The van der Waals surface area contributed by atoms with Crippen molar-refractivity contribution in [3.63, 3.8) is 0 Å². The summed E-state index contributed by atoms with van der Waals surface area (Å²) in [7, 11) is 0. The quantitative estimate of drug-likeness (QED) is 0.859. The molecule has 130 valence electrons. The fraction of sp³-hybridized carbons (Fsp3) is 0.556. The Morgan fingerprint density at radius 2 is 1.75 bits per heavy atom. The third kappa shape index (κ3) is 4.98. The van der Waals surface area contributed by atoms with Crippen LogP contribution >= 0.6 is 11.8 Å². The minimum atomic E-state index is -0.0942. The van der Waals surface area contributed by atoms with Gasteiger partial charge < -0.3 is 10.2 Å². The maximum absolute atomic E-state index is 11.9. The van der Waals surface area contributed by atoms with Gasteiger partial charge in [0.15, 0.2) is 0 Å². The normalized spacial score (nSPS) is 18.8. The first-order valence-electron chi connectivity index (χ1n) is 8.69. The first-order valence-corrected chi connectivity index (χ1v) is 9.68. The zero-order chi connectivity index (χ0) is 16.8. The Labute approximate surface area is 147 Å². The molecule has 1 aromatic rings. The van der Waals surface area contributed by atoms with E-state index in [0.717, 1.165) is 17.9 Å². The molecule has 3 rings (SSSR count). The average molecular weight is 347 g/mol. The van der Waals surface area contributed by atoms with Crippen molar-refractivity contribution in [3.05, 3.63) is 35.4 Å². The van der Waals surface area contributed by atoms with Crippen molar-refractivity contribution in [2.24, 2.45) is 0 Å². The monoisotopic (exact) mass is 347 g/mol. The number of amides is 2. The highest BCUT2D eigenvalue weighted by Crippen LogP contribution is 2.16. The number of nitrogens with one attached hydrogen (secondary N) is 1. The minimum Gasteiger partial charge on any atom is -0.350 e. The molecule has 2 aliphatic rings. The molecule has 6 heteroatoms. The molecule has 0 bridgehead atoms. The molecular weight excluding hydrogens is 322 g/mol. The van der Waals surface area contributed by atoms with Crippen LogP contribution in [0.2, 0.25) is 0 Å². The van der Waals surface area contributed by atoms with Crippen LogP contribution in [0, 0.1) is 0 Å². The van der Waals surface area contributed by atoms with Crippen LogP contribution < -0.4 is 5.32 Å². The molecule has 0 unspecified atom stereocenters. The van der Waals surface area contributed by atoms with E-state index >= 15 is 0 Å². The second-order valence-corrected chi connectivity index (χ2v) is 7.51. The Kier molecular flexibility index (Phi) is 6.15. The van der Waals surface area contributed by atoms with Crippen molar-refractivity contribution in [3.8, 4) is 0 Å². The van der Waals surface area contributed by atoms with E-state index in [2.05, 4.69) is 34.5 Å². The molecule has 0 radical (unpaired) electrons. The second kappa shape index (κ2) is 8.53. The van der Waals surface area contributed by atoms with Crippen molar-refractivity contribution in [2.45, 2.75) is 32.4 Å². The zero-order valence-electron chi connectivity index (χ0n) is 14.0. The summed E-state index contributed by atoms with van der Waals surface area (Å²) < 4.78 is 0. The summed E-state index contributed by atoms with van der Waals surface area (Å²) in [5, 5.41) is 2.90. The molecular formula is C18H25N3O2S. The zero-order valence-corrected chi connectivity index (χ0v) is 14.8. The first kappa shape index (κ1) is 17.3. The van der Waals surface area contributed by atoms with Crippen LogP contribution in [0.5, 0.6) is 0 Å². The number of thioether (sulfide) groups is 1. The lowest BCUT2D eigenvalue weighted by Gasteiger charge is -2.26. The van der Waals surface area contributed by atoms with Gasteiger partial charge >= 0.3 is 0 Å². The Balaban J connectivity index is 1.42. The summed E-state index contributed by atoms with van der Waals surface area (Å²) >= 11 is 1.28. The fourth-order valence-corrected chi connectivity index (χ4v) is 3.96. The number of nitrogens with zero attached hydrogens (tertiary/aromatic N) is 2. The standard InChI is InChI=1S/C18H25N3O2S/c22-17(14-21-10-11-24-18(21)23)19-12-15-4-6-16(7-5-15)13-20-8-2-1-3-9-20/h4-7H,1-3,8-14H2,(H,19,22). The number of rotatable bonds is 6. The molecule has 2 amide bonds. The van der Waals surface area contributed by atoms with Gasteiger partial charge in [-0.05, 0) is 37.1 Å². The number of carbonyl (C=O) groups is 2. The number of hydrogen-bond acceptors (Lipinski definition) is 4. The minimum absolute atomic E-state index is 0.00668. The number of likely N-dealkylation sites (tertiary alicyclic amines) is 1. The summed E-state index contributed by atoms with van der Waals surface area (Å²) in [6.45, 7) is 4.76. The van der Waals surface area contributed by atoms with Gasteiger partial charge in [0.2, 0.25) is 5.91 Å². The molecule has 0 spiro atoms. The van der Waals surface area contributed by atoms with Crippen molar-refractivity contribution in [1.82, 2.24) is 15.1 Å². The predicted octanol–water partition coefficient (Wildman–Crippen LogP) is 2.46. The molecule has 2 aliphatic heterocycles. The largest absolute Gasteiger partial charge is 0.350 e. The highest BCUT2D eigenvalue weighted by Gasteiger charge is 2.22. The van der Waals surface area contributed by atoms with E-state index in [1.54, 1.807) is 4.90 Å². The Morgan fingerprint density at radius 1 is 1.04 bits per heavy atom. The van der Waals surface area contributed by atoms with Gasteiger partial charge in [-0.1, -0.05) is 42.4 Å². The number of piperidine rings is 1. The van der Waals surface area contributed by atoms with E-state index in [1.807, 2.05) is 0 Å². The lowest BCUT2D eigenvalue weighted by atomic mass is 10.1. The second-order valence-electron chi connectivity index (χ2n) is 6.47. The molecule has 2 heterocycles. The van der Waals surface area contributed by atoms with Gasteiger partial charge in [-0.25, -0.2) is 0 Å². The summed E-state index contributed by atoms with van der Waals surface area (Å²) in [6, 6.07) is 8.46. The Bertz CT molecular complexity index is 570. The fourth-order valence-electron chi connectivity index (χ4n) is 3.14. The Morgan fingerprint density at radius 3 is 2.42 bits per heavy atom. The van der Waals surface area contributed by atoms with Crippen molar-refractivity contribution < 1.29 is 9.59 Å². The molecule has 2 saturated heterocycles. The van der Waals surface area contributed by atoms with Gasteiger partial charge in [0.25, 0.3) is 5.24 Å². The molecule has 0 saturated carbocycles. The highest BCUT2D eigenvalue weighted by atomic mass is 32.2. The molecule has 0 atom stereocenters. The molecule has 1 aromatic carbocycles. The van der Waals surface area contributed by atoms with Gasteiger partial charge in [0.05, 0.1) is 0 Å². The van der Waals surface area contributed by atoms with Gasteiger partial charge in [0, 0.05) is 25.4 Å². The van der Waals surface area contributed by atoms with Gasteiger partial charge in [-0.3, -0.25) is 14.5 Å². The summed E-state index contributed by atoms with van der Waals surface area (Å²) in [5.74, 6) is 0.688. The summed E-state index contributed by atoms with van der Waals surface area (Å²) in [6.07, 6.45) is 3.97. The smallest absolute Gasteiger partial charge is 0.282 e. The maximum atomic E-state index is 11.9. The van der Waals surface area contributed by atoms with E-state index in [-0.39, 0.29) is 17.7 Å². The number of hydrogen-bond donors (Lipinski definition) is 1. The molecule has 1 N–H and O–H groups in total. The number of carbonyl (C=O) groups excluding carboxylic acids is 2. The van der Waals surface area contributed by atoms with E-state index in [9.17, 15) is 9.59 Å². The van der Waals surface area contributed by atoms with Crippen LogP contribution in [0.15, 0.2) is 24.3 Å². The van der Waals surface area contributed by atoms with Crippen LogP contribution in [0.4, 0.5) is 4.79 Å². The average Bonchev–Trinajstić information content (AvgIpc) is 3.00. The van der Waals surface area contributed by atoms with E-state index in [1.165, 1.54) is 49.7 Å². The van der Waals surface area contributed by atoms with Gasteiger partial charge in [-0.2, -0.15) is 0 Å². The van der Waals surface area contributed by atoms with Crippen LogP contribution in [0.3, 0.4) is 0 Å². The maximum Gasteiger partial charge on any atom is 0.282 e. The van der Waals surface area contributed by atoms with Crippen molar-refractivity contribution in [1.29, 1.82) is 0 Å². The molecule has 0 aliphatic carbocycles. The Hall–Kier alpha value is -1.53. The SMILES string of the molecule is O=C(CN1CCSC1=O)NCc1ccc(CN2CCCCC2)cc1. The molecule has 5 nitrogen and oxygen atoms in total. The van der Waals surface area contributed by atoms with Crippen LogP contribution in [0.25, 0.3) is 0 Å². The topological polar surface area (TPSA) is 52.7 Å². The predicted molar refractivity (Wildman–Crippen MR) is 96.8 cm³/mol. The van der Waals surface area contributed by atoms with Crippen molar-refractivity contribution >= 4 is 22.9 Å². The molecule has 0 aromatic heterocycles. The number of benzene rings is 1. The molecule has 2 fully saturated rings. The van der Waals surface area contributed by atoms with Crippen molar-refractivity contribution in [2.75, 3.05) is 31.9 Å². The third-order valence-corrected chi connectivity index (χ3v) is 5.44. The first-order chi connectivity index (χ1) is 11.7. The third-order valence-electron chi connectivity index (χ3n) is 4.55. The van der Waals surface area contributed by atoms with Crippen LogP contribution in [-0.4, -0.2) is 52.9 Å². The summed E-state index contributed by atoms with van der Waals surface area (Å²) in [5.41, 5.74) is 2.42. The summed E-state index contributed by atoms with van der Waals surface area (Å²) in [4.78, 5) is 27.5. The van der Waals surface area contributed by atoms with Gasteiger partial charge in [0.1, 0.15) is 6.54 Å². The highest BCUT2D eigenvalue weighted by molar-refractivity contribution is 8.13. The van der Waals surface area contributed by atoms with Gasteiger partial charge in [-0.15, -0.1) is 0 Å². The van der Waals surface area contributed by atoms with E-state index in [0.29, 0.717) is 13.1 Å².